The topological polar surface area (TPSA) is 62.2 Å². The zero-order valence-corrected chi connectivity index (χ0v) is 15.1. The normalized spacial score (nSPS) is 10.7. The molecule has 4 nitrogen and oxygen atoms in total. The fraction of sp³-hybridized carbons (Fsp3) is 0.200. The maximum absolute atomic E-state index is 12.3. The molecule has 0 atom stereocenters. The van der Waals surface area contributed by atoms with Crippen LogP contribution in [0, 0.1) is 13.8 Å². The van der Waals surface area contributed by atoms with Gasteiger partial charge < -0.3 is 10.4 Å². The van der Waals surface area contributed by atoms with Crippen LogP contribution in [0.25, 0.3) is 10.6 Å². The second kappa shape index (κ2) is 7.59. The number of nitrogens with zero attached hydrogens (tertiary/aromatic N) is 1. The SMILES string of the molecule is Cc1cc(CNC(=O)c2csc(-c3ccccc3C)n2)ccc1CO. The average molecular weight is 352 g/mol. The minimum Gasteiger partial charge on any atom is -0.392 e. The molecular formula is C20H20N2O2S. The molecule has 0 aliphatic carbocycles. The van der Waals surface area contributed by atoms with Crippen LogP contribution in [0.3, 0.4) is 0 Å². The van der Waals surface area contributed by atoms with Gasteiger partial charge in [0.25, 0.3) is 5.91 Å². The fourth-order valence-corrected chi connectivity index (χ4v) is 3.52. The Morgan fingerprint density at radius 3 is 2.68 bits per heavy atom. The number of aliphatic hydroxyl groups excluding tert-OH is 1. The molecule has 0 spiro atoms. The van der Waals surface area contributed by atoms with E-state index in [0.29, 0.717) is 12.2 Å². The van der Waals surface area contributed by atoms with Crippen LogP contribution in [0.2, 0.25) is 0 Å². The van der Waals surface area contributed by atoms with Crippen molar-refractivity contribution in [1.82, 2.24) is 10.3 Å². The highest BCUT2D eigenvalue weighted by molar-refractivity contribution is 7.13. The lowest BCUT2D eigenvalue weighted by atomic mass is 10.1. The molecule has 0 aliphatic heterocycles. The second-order valence-corrected chi connectivity index (χ2v) is 6.81. The second-order valence-electron chi connectivity index (χ2n) is 5.95. The highest BCUT2D eigenvalue weighted by atomic mass is 32.1. The molecule has 0 radical (unpaired) electrons. The molecule has 0 fully saturated rings. The smallest absolute Gasteiger partial charge is 0.271 e. The fourth-order valence-electron chi connectivity index (χ4n) is 2.63. The quantitative estimate of drug-likeness (QED) is 0.733. The maximum Gasteiger partial charge on any atom is 0.271 e. The number of amides is 1. The predicted molar refractivity (Wildman–Crippen MR) is 101 cm³/mol. The number of thiazole rings is 1. The zero-order valence-electron chi connectivity index (χ0n) is 14.2. The van der Waals surface area contributed by atoms with Gasteiger partial charge in [0.15, 0.2) is 0 Å². The molecule has 3 aromatic rings. The lowest BCUT2D eigenvalue weighted by Gasteiger charge is -2.07. The van der Waals surface area contributed by atoms with E-state index in [1.165, 1.54) is 11.3 Å². The number of aryl methyl sites for hydroxylation is 2. The average Bonchev–Trinajstić information content (AvgIpc) is 3.10. The van der Waals surface area contributed by atoms with Gasteiger partial charge in [-0.25, -0.2) is 4.98 Å². The third kappa shape index (κ3) is 3.95. The summed E-state index contributed by atoms with van der Waals surface area (Å²) in [7, 11) is 0. The molecule has 1 amide bonds. The van der Waals surface area contributed by atoms with Crippen molar-refractivity contribution < 1.29 is 9.90 Å². The first-order valence-electron chi connectivity index (χ1n) is 8.07. The molecule has 25 heavy (non-hydrogen) atoms. The molecule has 2 N–H and O–H groups in total. The van der Waals surface area contributed by atoms with Crippen molar-refractivity contribution in [1.29, 1.82) is 0 Å². The molecule has 128 valence electrons. The minimum absolute atomic E-state index is 0.0268. The van der Waals surface area contributed by atoms with Gasteiger partial charge in [-0.15, -0.1) is 11.3 Å². The number of aliphatic hydroxyl groups is 1. The summed E-state index contributed by atoms with van der Waals surface area (Å²) in [5.41, 5.74) is 5.55. The lowest BCUT2D eigenvalue weighted by Crippen LogP contribution is -2.23. The van der Waals surface area contributed by atoms with Gasteiger partial charge in [0.1, 0.15) is 10.7 Å². The van der Waals surface area contributed by atoms with Crippen LogP contribution < -0.4 is 5.32 Å². The number of rotatable bonds is 5. The van der Waals surface area contributed by atoms with Crippen LogP contribution in [0.15, 0.2) is 47.8 Å². The first kappa shape index (κ1) is 17.3. The number of hydrogen-bond donors (Lipinski definition) is 2. The van der Waals surface area contributed by atoms with E-state index in [9.17, 15) is 9.90 Å². The molecule has 3 rings (SSSR count). The highest BCUT2D eigenvalue weighted by Crippen LogP contribution is 2.26. The minimum atomic E-state index is -0.181. The van der Waals surface area contributed by atoms with Gasteiger partial charge in [0, 0.05) is 17.5 Å². The van der Waals surface area contributed by atoms with Crippen molar-refractivity contribution in [2.45, 2.75) is 27.0 Å². The van der Waals surface area contributed by atoms with Crippen LogP contribution >= 0.6 is 11.3 Å². The molecule has 2 aromatic carbocycles. The van der Waals surface area contributed by atoms with Gasteiger partial charge in [0.2, 0.25) is 0 Å². The number of benzene rings is 2. The van der Waals surface area contributed by atoms with Crippen LogP contribution in [0.4, 0.5) is 0 Å². The van der Waals surface area contributed by atoms with Crippen molar-refractivity contribution >= 4 is 17.2 Å². The van der Waals surface area contributed by atoms with Gasteiger partial charge >= 0.3 is 0 Å². The molecule has 0 bridgehead atoms. The van der Waals surface area contributed by atoms with Gasteiger partial charge in [-0.2, -0.15) is 0 Å². The summed E-state index contributed by atoms with van der Waals surface area (Å²) in [6.45, 7) is 4.45. The summed E-state index contributed by atoms with van der Waals surface area (Å²) in [5, 5.41) is 14.8. The molecule has 0 saturated carbocycles. The number of carbonyl (C=O) groups is 1. The predicted octanol–water partition coefficient (Wildman–Crippen LogP) is 3.85. The molecular weight excluding hydrogens is 332 g/mol. The van der Waals surface area contributed by atoms with Gasteiger partial charge in [-0.3, -0.25) is 4.79 Å². The molecule has 1 aromatic heterocycles. The number of nitrogens with one attached hydrogen (secondary N) is 1. The van der Waals surface area contributed by atoms with Crippen molar-refractivity contribution in [3.05, 3.63) is 75.8 Å². The summed E-state index contributed by atoms with van der Waals surface area (Å²) in [5.74, 6) is -0.181. The van der Waals surface area contributed by atoms with E-state index in [2.05, 4.69) is 10.3 Å². The summed E-state index contributed by atoms with van der Waals surface area (Å²) in [4.78, 5) is 16.8. The number of hydrogen-bond acceptors (Lipinski definition) is 4. The number of aromatic nitrogens is 1. The Morgan fingerprint density at radius 2 is 1.96 bits per heavy atom. The van der Waals surface area contributed by atoms with Crippen molar-refractivity contribution in [2.24, 2.45) is 0 Å². The van der Waals surface area contributed by atoms with Crippen LogP contribution in [-0.4, -0.2) is 16.0 Å². The van der Waals surface area contributed by atoms with E-state index in [1.54, 1.807) is 5.38 Å². The summed E-state index contributed by atoms with van der Waals surface area (Å²) >= 11 is 1.47. The third-order valence-electron chi connectivity index (χ3n) is 4.14. The molecule has 5 heteroatoms. The Kier molecular flexibility index (Phi) is 5.26. The molecule has 0 saturated heterocycles. The van der Waals surface area contributed by atoms with Gasteiger partial charge in [-0.05, 0) is 36.1 Å². The maximum atomic E-state index is 12.3. The summed E-state index contributed by atoms with van der Waals surface area (Å²) in [6.07, 6.45) is 0. The van der Waals surface area contributed by atoms with E-state index >= 15 is 0 Å². The largest absolute Gasteiger partial charge is 0.392 e. The third-order valence-corrected chi connectivity index (χ3v) is 5.02. The standard InChI is InChI=1S/C20H20N2O2S/c1-13-5-3-4-6-17(13)20-22-18(12-25-20)19(24)21-10-15-7-8-16(11-23)14(2)9-15/h3-9,12,23H,10-11H2,1-2H3,(H,21,24). The Bertz CT molecular complexity index is 902. The van der Waals surface area contributed by atoms with E-state index in [4.69, 9.17) is 0 Å². The van der Waals surface area contributed by atoms with Crippen LogP contribution in [0.5, 0.6) is 0 Å². The van der Waals surface area contributed by atoms with Crippen molar-refractivity contribution in [3.8, 4) is 10.6 Å². The van der Waals surface area contributed by atoms with E-state index < -0.39 is 0 Å². The Balaban J connectivity index is 1.68. The van der Waals surface area contributed by atoms with Gasteiger partial charge in [0.05, 0.1) is 6.61 Å². The summed E-state index contributed by atoms with van der Waals surface area (Å²) in [6, 6.07) is 13.8. The lowest BCUT2D eigenvalue weighted by molar-refractivity contribution is 0.0946. The zero-order chi connectivity index (χ0) is 17.8. The summed E-state index contributed by atoms with van der Waals surface area (Å²) < 4.78 is 0. The van der Waals surface area contributed by atoms with Gasteiger partial charge in [-0.1, -0.05) is 42.5 Å². The highest BCUT2D eigenvalue weighted by Gasteiger charge is 2.13. The van der Waals surface area contributed by atoms with E-state index in [-0.39, 0.29) is 12.5 Å². The van der Waals surface area contributed by atoms with Crippen LogP contribution in [-0.2, 0) is 13.2 Å². The Morgan fingerprint density at radius 1 is 1.16 bits per heavy atom. The first-order chi connectivity index (χ1) is 12.1. The van der Waals surface area contributed by atoms with E-state index in [0.717, 1.165) is 32.8 Å². The van der Waals surface area contributed by atoms with Crippen molar-refractivity contribution in [3.63, 3.8) is 0 Å². The Labute approximate surface area is 151 Å². The van der Waals surface area contributed by atoms with E-state index in [1.807, 2.05) is 56.3 Å². The first-order valence-corrected chi connectivity index (χ1v) is 8.95. The van der Waals surface area contributed by atoms with Crippen molar-refractivity contribution in [2.75, 3.05) is 0 Å². The van der Waals surface area contributed by atoms with Crippen LogP contribution in [0.1, 0.15) is 32.7 Å². The Hall–Kier alpha value is -2.50. The monoisotopic (exact) mass is 352 g/mol. The molecule has 0 aliphatic rings. The number of carbonyl (C=O) groups excluding carboxylic acids is 1. The molecule has 1 heterocycles. The molecule has 0 unspecified atom stereocenters.